The molecule has 202 valence electrons. The highest BCUT2D eigenvalue weighted by molar-refractivity contribution is 5.91. The molecule has 5 aromatic rings. The van der Waals surface area contributed by atoms with Crippen LogP contribution < -0.4 is 4.57 Å². The van der Waals surface area contributed by atoms with Crippen LogP contribution in [0.3, 0.4) is 0 Å². The molecule has 0 spiro atoms. The molecule has 0 N–H and O–H groups in total. The van der Waals surface area contributed by atoms with E-state index in [4.69, 9.17) is 4.42 Å². The van der Waals surface area contributed by atoms with Gasteiger partial charge in [-0.1, -0.05) is 83.1 Å². The van der Waals surface area contributed by atoms with Crippen LogP contribution in [0.2, 0.25) is 0 Å². The van der Waals surface area contributed by atoms with Crippen molar-refractivity contribution in [3.05, 3.63) is 95.2 Å². The SMILES string of the molecule is Cc1c(-[n+]2c(C)ccc3oc(-c4ccc(CC(C)(C)C(F)(F)F)cc4)cc32)cc(C(C)(C)C)c2ccccc12. The van der Waals surface area contributed by atoms with E-state index < -0.39 is 11.6 Å². The van der Waals surface area contributed by atoms with Gasteiger partial charge in [0, 0.05) is 30.2 Å². The molecule has 0 aliphatic carbocycles. The van der Waals surface area contributed by atoms with Crippen LogP contribution in [0.15, 0.2) is 77.2 Å². The fourth-order valence-electron chi connectivity index (χ4n) is 5.37. The van der Waals surface area contributed by atoms with Crippen LogP contribution in [0.5, 0.6) is 0 Å². The molecular weight excluding hydrogens is 495 g/mol. The number of furan rings is 1. The first kappa shape index (κ1) is 27.0. The van der Waals surface area contributed by atoms with Gasteiger partial charge in [-0.15, -0.1) is 0 Å². The number of benzene rings is 3. The predicted octanol–water partition coefficient (Wildman–Crippen LogP) is 9.58. The van der Waals surface area contributed by atoms with Gasteiger partial charge in [-0.25, -0.2) is 0 Å². The number of aryl methyl sites for hydroxylation is 2. The molecule has 5 rings (SSSR count). The van der Waals surface area contributed by atoms with Crippen molar-refractivity contribution in [1.29, 1.82) is 0 Å². The van der Waals surface area contributed by atoms with Crippen molar-refractivity contribution in [2.45, 2.75) is 66.5 Å². The summed E-state index contributed by atoms with van der Waals surface area (Å²) in [5.41, 5.74) is 6.00. The summed E-state index contributed by atoms with van der Waals surface area (Å²) in [6, 6.07) is 24.1. The van der Waals surface area contributed by atoms with E-state index in [-0.39, 0.29) is 11.8 Å². The van der Waals surface area contributed by atoms with Crippen LogP contribution in [0.1, 0.15) is 57.0 Å². The summed E-state index contributed by atoms with van der Waals surface area (Å²) in [5, 5.41) is 2.49. The van der Waals surface area contributed by atoms with E-state index in [0.29, 0.717) is 11.3 Å². The lowest BCUT2D eigenvalue weighted by Gasteiger charge is -2.27. The van der Waals surface area contributed by atoms with Gasteiger partial charge in [-0.3, -0.25) is 0 Å². The third kappa shape index (κ3) is 4.84. The minimum Gasteiger partial charge on any atom is -0.449 e. The lowest BCUT2D eigenvalue weighted by Crippen LogP contribution is -2.36. The van der Waals surface area contributed by atoms with E-state index in [1.165, 1.54) is 35.7 Å². The van der Waals surface area contributed by atoms with E-state index in [1.807, 2.05) is 24.3 Å². The minimum atomic E-state index is -4.26. The molecule has 0 amide bonds. The van der Waals surface area contributed by atoms with E-state index in [0.717, 1.165) is 28.0 Å². The maximum atomic E-state index is 13.4. The molecule has 2 aromatic heterocycles. The van der Waals surface area contributed by atoms with Crippen LogP contribution in [0.4, 0.5) is 13.2 Å². The molecule has 2 heterocycles. The number of pyridine rings is 1. The zero-order valence-electron chi connectivity index (χ0n) is 23.6. The largest absolute Gasteiger partial charge is 0.449 e. The Morgan fingerprint density at radius 3 is 2.03 bits per heavy atom. The Hall–Kier alpha value is -3.60. The maximum absolute atomic E-state index is 13.4. The standard InChI is InChI=1S/C34H35F3NO/c1-21-12-17-30-29(19-31(39-30)24-15-13-23(14-16-24)20-33(6,7)34(35,36)37)38(21)28-18-27(32(3,4)5)26-11-9-8-10-25(26)22(28)2/h8-19H,20H2,1-7H3/q+1. The topological polar surface area (TPSA) is 17.0 Å². The summed E-state index contributed by atoms with van der Waals surface area (Å²) in [4.78, 5) is 0. The highest BCUT2D eigenvalue weighted by atomic mass is 19.4. The molecule has 0 radical (unpaired) electrons. The average Bonchev–Trinajstić information content (AvgIpc) is 3.28. The zero-order chi connectivity index (χ0) is 28.3. The Morgan fingerprint density at radius 1 is 0.769 bits per heavy atom. The van der Waals surface area contributed by atoms with Crippen molar-refractivity contribution in [2.24, 2.45) is 5.41 Å². The lowest BCUT2D eigenvalue weighted by molar-refractivity contribution is -0.574. The fraction of sp³-hybridized carbons (Fsp3) is 0.324. The predicted molar refractivity (Wildman–Crippen MR) is 152 cm³/mol. The number of aromatic nitrogens is 1. The van der Waals surface area contributed by atoms with E-state index in [9.17, 15) is 13.2 Å². The first-order valence-corrected chi connectivity index (χ1v) is 13.3. The Kier molecular flexibility index (Phi) is 6.40. The zero-order valence-corrected chi connectivity index (χ0v) is 23.6. The van der Waals surface area contributed by atoms with Crippen LogP contribution in [-0.4, -0.2) is 6.18 Å². The van der Waals surface area contributed by atoms with Crippen molar-refractivity contribution >= 4 is 21.9 Å². The quantitative estimate of drug-likeness (QED) is 0.211. The molecule has 0 bridgehead atoms. The Bertz CT molecular complexity index is 1680. The van der Waals surface area contributed by atoms with Crippen LogP contribution in [-0.2, 0) is 11.8 Å². The maximum Gasteiger partial charge on any atom is 0.394 e. The molecular formula is C34H35F3NO+. The molecule has 5 heteroatoms. The summed E-state index contributed by atoms with van der Waals surface area (Å²) >= 11 is 0. The van der Waals surface area contributed by atoms with E-state index >= 15 is 0 Å². The second kappa shape index (κ2) is 9.25. The molecule has 0 aliphatic heterocycles. The number of hydrogen-bond donors (Lipinski definition) is 0. The highest BCUT2D eigenvalue weighted by Gasteiger charge is 2.46. The monoisotopic (exact) mass is 530 g/mol. The van der Waals surface area contributed by atoms with Crippen molar-refractivity contribution in [1.82, 2.24) is 0 Å². The Morgan fingerprint density at radius 2 is 1.41 bits per heavy atom. The summed E-state index contributed by atoms with van der Waals surface area (Å²) < 4.78 is 48.7. The number of rotatable bonds is 4. The second-order valence-corrected chi connectivity index (χ2v) is 12.3. The molecule has 0 saturated heterocycles. The van der Waals surface area contributed by atoms with Gasteiger partial charge in [0.2, 0.25) is 5.69 Å². The second-order valence-electron chi connectivity index (χ2n) is 12.3. The van der Waals surface area contributed by atoms with Gasteiger partial charge in [0.15, 0.2) is 11.3 Å². The molecule has 2 nitrogen and oxygen atoms in total. The molecule has 0 unspecified atom stereocenters. The fourth-order valence-corrected chi connectivity index (χ4v) is 5.37. The summed E-state index contributed by atoms with van der Waals surface area (Å²) in [5.74, 6) is 0.681. The first-order valence-electron chi connectivity index (χ1n) is 13.3. The summed E-state index contributed by atoms with van der Waals surface area (Å²) in [7, 11) is 0. The molecule has 0 saturated carbocycles. The van der Waals surface area contributed by atoms with Gasteiger partial charge in [-0.05, 0) is 46.7 Å². The van der Waals surface area contributed by atoms with E-state index in [2.05, 4.69) is 75.6 Å². The van der Waals surface area contributed by atoms with Crippen LogP contribution in [0, 0.1) is 19.3 Å². The van der Waals surface area contributed by atoms with Crippen molar-refractivity contribution in [3.63, 3.8) is 0 Å². The average molecular weight is 531 g/mol. The number of halogens is 3. The summed E-state index contributed by atoms with van der Waals surface area (Å²) in [6.07, 6.45) is -4.34. The number of nitrogens with zero attached hydrogens (tertiary/aromatic N) is 1. The van der Waals surface area contributed by atoms with E-state index in [1.54, 1.807) is 12.1 Å². The Balaban J connectivity index is 1.62. The van der Waals surface area contributed by atoms with Gasteiger partial charge in [-0.2, -0.15) is 17.7 Å². The minimum absolute atomic E-state index is 0.0472. The van der Waals surface area contributed by atoms with Gasteiger partial charge in [0.1, 0.15) is 5.76 Å². The summed E-state index contributed by atoms with van der Waals surface area (Å²) in [6.45, 7) is 13.4. The number of hydrogen-bond acceptors (Lipinski definition) is 1. The molecule has 3 aromatic carbocycles. The van der Waals surface area contributed by atoms with Gasteiger partial charge in [0.05, 0.1) is 11.5 Å². The molecule has 0 atom stereocenters. The smallest absolute Gasteiger partial charge is 0.394 e. The van der Waals surface area contributed by atoms with Crippen molar-refractivity contribution in [3.8, 4) is 17.0 Å². The number of alkyl halides is 3. The van der Waals surface area contributed by atoms with Crippen molar-refractivity contribution < 1.29 is 22.2 Å². The van der Waals surface area contributed by atoms with Crippen molar-refractivity contribution in [2.75, 3.05) is 0 Å². The van der Waals surface area contributed by atoms with Gasteiger partial charge >= 0.3 is 6.18 Å². The Labute approximate surface area is 228 Å². The van der Waals surface area contributed by atoms with Gasteiger partial charge in [0.25, 0.3) is 5.52 Å². The molecule has 39 heavy (non-hydrogen) atoms. The third-order valence-electron chi connectivity index (χ3n) is 7.80. The third-order valence-corrected chi connectivity index (χ3v) is 7.80. The molecule has 0 aliphatic rings. The number of fused-ring (bicyclic) bond motifs is 2. The highest BCUT2D eigenvalue weighted by Crippen LogP contribution is 2.40. The molecule has 0 fully saturated rings. The van der Waals surface area contributed by atoms with Gasteiger partial charge < -0.3 is 4.42 Å². The lowest BCUT2D eigenvalue weighted by atomic mass is 9.82. The first-order chi connectivity index (χ1) is 18.2. The van der Waals surface area contributed by atoms with Crippen LogP contribution in [0.25, 0.3) is 38.9 Å². The van der Waals surface area contributed by atoms with Crippen LogP contribution >= 0.6 is 0 Å². The normalized spacial score (nSPS) is 13.0.